The molecule has 27 heavy (non-hydrogen) atoms. The Bertz CT molecular complexity index is 880. The molecule has 1 aromatic heterocycles. The fourth-order valence-corrected chi connectivity index (χ4v) is 4.78. The van der Waals surface area contributed by atoms with Crippen LogP contribution in [0.4, 0.5) is 11.4 Å². The van der Waals surface area contributed by atoms with E-state index in [1.165, 1.54) is 12.1 Å². The van der Waals surface area contributed by atoms with Crippen LogP contribution in [0.3, 0.4) is 0 Å². The third-order valence-corrected chi connectivity index (χ3v) is 6.48. The van der Waals surface area contributed by atoms with Gasteiger partial charge in [-0.25, -0.2) is 13.1 Å². The smallest absolute Gasteiger partial charge is 0.293 e. The molecule has 8 nitrogen and oxygen atoms in total. The highest BCUT2D eigenvalue weighted by Crippen LogP contribution is 2.30. The molecule has 0 aliphatic rings. The number of rotatable bonds is 9. The number of thiophene rings is 1. The molecule has 0 spiro atoms. The number of anilines is 1. The highest BCUT2D eigenvalue weighted by molar-refractivity contribution is 7.89. The van der Waals surface area contributed by atoms with E-state index in [-0.39, 0.29) is 28.4 Å². The van der Waals surface area contributed by atoms with Crippen molar-refractivity contribution in [3.05, 3.63) is 50.7 Å². The zero-order valence-electron chi connectivity index (χ0n) is 15.7. The number of likely N-dealkylation sites (N-methyl/N-ethyl adjacent to an activating group) is 1. The van der Waals surface area contributed by atoms with E-state index in [0.717, 1.165) is 10.9 Å². The minimum atomic E-state index is -3.80. The van der Waals surface area contributed by atoms with Crippen molar-refractivity contribution >= 4 is 32.7 Å². The lowest BCUT2D eigenvalue weighted by Gasteiger charge is -2.24. The van der Waals surface area contributed by atoms with Crippen LogP contribution in [-0.4, -0.2) is 44.9 Å². The lowest BCUT2D eigenvalue weighted by molar-refractivity contribution is -0.384. The number of nitrogens with zero attached hydrogens (tertiary/aromatic N) is 2. The van der Waals surface area contributed by atoms with Gasteiger partial charge in [0, 0.05) is 23.5 Å². The average Bonchev–Trinajstić information content (AvgIpc) is 3.07. The van der Waals surface area contributed by atoms with E-state index in [2.05, 4.69) is 10.0 Å². The summed E-state index contributed by atoms with van der Waals surface area (Å²) in [7, 11) is 0.0752. The maximum atomic E-state index is 12.3. The van der Waals surface area contributed by atoms with Crippen molar-refractivity contribution in [2.75, 3.05) is 26.0 Å². The molecule has 0 aliphatic heterocycles. The summed E-state index contributed by atoms with van der Waals surface area (Å²) in [6.45, 7) is 3.83. The Hall–Kier alpha value is -2.01. The third-order valence-electron chi connectivity index (χ3n) is 3.85. The van der Waals surface area contributed by atoms with E-state index in [9.17, 15) is 18.5 Å². The second-order valence-electron chi connectivity index (χ2n) is 6.59. The lowest BCUT2D eigenvalue weighted by atomic mass is 10.2. The molecule has 1 atom stereocenters. The van der Waals surface area contributed by atoms with E-state index in [0.29, 0.717) is 6.54 Å². The predicted octanol–water partition coefficient (Wildman–Crippen LogP) is 3.06. The van der Waals surface area contributed by atoms with Crippen molar-refractivity contribution < 1.29 is 13.3 Å². The number of hydrogen-bond donors (Lipinski definition) is 2. The van der Waals surface area contributed by atoms with Crippen LogP contribution in [0, 0.1) is 10.1 Å². The molecule has 0 radical (unpaired) electrons. The number of sulfonamides is 1. The van der Waals surface area contributed by atoms with Gasteiger partial charge in [-0.05, 0) is 51.5 Å². The summed E-state index contributed by atoms with van der Waals surface area (Å²) in [5.41, 5.74) is 0.0113. The zero-order chi connectivity index (χ0) is 20.2. The monoisotopic (exact) mass is 412 g/mol. The molecule has 0 aliphatic carbocycles. The first-order valence-corrected chi connectivity index (χ1v) is 10.7. The maximum Gasteiger partial charge on any atom is 0.293 e. The van der Waals surface area contributed by atoms with Gasteiger partial charge in [0.25, 0.3) is 5.69 Å². The van der Waals surface area contributed by atoms with Crippen LogP contribution in [0.25, 0.3) is 0 Å². The quantitative estimate of drug-likeness (QED) is 0.484. The largest absolute Gasteiger partial charge is 0.378 e. The first-order chi connectivity index (χ1) is 12.6. The first kappa shape index (κ1) is 21.3. The maximum absolute atomic E-state index is 12.3. The molecule has 0 saturated heterocycles. The van der Waals surface area contributed by atoms with Crippen LogP contribution in [0.1, 0.15) is 24.8 Å². The van der Waals surface area contributed by atoms with Crippen molar-refractivity contribution in [3.63, 3.8) is 0 Å². The molecule has 10 heteroatoms. The molecule has 2 rings (SSSR count). The standard InChI is InChI=1S/C17H24N4O4S2/c1-12(2)19-27(24,25)13-7-8-14(15(10-13)21(22)23)18-11-16(20(3)4)17-6-5-9-26-17/h5-10,12,16,18-19H,11H2,1-4H3/t16-/m1/s1. The van der Waals surface area contributed by atoms with Gasteiger partial charge in [-0.15, -0.1) is 11.3 Å². The van der Waals surface area contributed by atoms with E-state index >= 15 is 0 Å². The topological polar surface area (TPSA) is 105 Å². The predicted molar refractivity (Wildman–Crippen MR) is 108 cm³/mol. The summed E-state index contributed by atoms with van der Waals surface area (Å²) >= 11 is 1.61. The molecular weight excluding hydrogens is 388 g/mol. The molecule has 2 aromatic rings. The number of nitro groups is 1. The van der Waals surface area contributed by atoms with Gasteiger partial charge >= 0.3 is 0 Å². The molecule has 0 bridgehead atoms. The molecule has 148 valence electrons. The molecule has 2 N–H and O–H groups in total. The Balaban J connectivity index is 2.28. The Labute approximate surface area is 163 Å². The Morgan fingerprint density at radius 1 is 1.26 bits per heavy atom. The normalized spacial score (nSPS) is 13.1. The molecular formula is C17H24N4O4S2. The fourth-order valence-electron chi connectivity index (χ4n) is 2.58. The van der Waals surface area contributed by atoms with Gasteiger partial charge < -0.3 is 10.2 Å². The SMILES string of the molecule is CC(C)NS(=O)(=O)c1ccc(NC[C@H](c2cccs2)N(C)C)c([N+](=O)[O-])c1. The minimum absolute atomic E-state index is 0.0376. The molecule has 0 amide bonds. The van der Waals surface area contributed by atoms with Crippen molar-refractivity contribution in [2.24, 2.45) is 0 Å². The van der Waals surface area contributed by atoms with Crippen molar-refractivity contribution in [3.8, 4) is 0 Å². The van der Waals surface area contributed by atoms with E-state index < -0.39 is 14.9 Å². The van der Waals surface area contributed by atoms with Crippen LogP contribution in [-0.2, 0) is 10.0 Å². The Morgan fingerprint density at radius 2 is 1.96 bits per heavy atom. The van der Waals surface area contributed by atoms with Crippen molar-refractivity contribution in [1.29, 1.82) is 0 Å². The summed E-state index contributed by atoms with van der Waals surface area (Å²) in [6, 6.07) is 7.60. The van der Waals surface area contributed by atoms with E-state index in [4.69, 9.17) is 0 Å². The molecule has 0 fully saturated rings. The number of nitro benzene ring substituents is 1. The van der Waals surface area contributed by atoms with Gasteiger partial charge in [0.05, 0.1) is 15.9 Å². The van der Waals surface area contributed by atoms with Gasteiger partial charge in [-0.1, -0.05) is 6.07 Å². The van der Waals surface area contributed by atoms with Gasteiger partial charge in [-0.2, -0.15) is 0 Å². The number of hydrogen-bond acceptors (Lipinski definition) is 7. The summed E-state index contributed by atoms with van der Waals surface area (Å²) in [5.74, 6) is 0. The van der Waals surface area contributed by atoms with Crippen molar-refractivity contribution in [2.45, 2.75) is 30.8 Å². The summed E-state index contributed by atoms with van der Waals surface area (Å²) in [5, 5.41) is 16.5. The van der Waals surface area contributed by atoms with E-state index in [1.807, 2.05) is 36.5 Å². The van der Waals surface area contributed by atoms with Gasteiger partial charge in [-0.3, -0.25) is 10.1 Å². The second-order valence-corrected chi connectivity index (χ2v) is 9.28. The highest BCUT2D eigenvalue weighted by atomic mass is 32.2. The minimum Gasteiger partial charge on any atom is -0.378 e. The molecule has 1 aromatic carbocycles. The van der Waals surface area contributed by atoms with Gasteiger partial charge in [0.15, 0.2) is 0 Å². The van der Waals surface area contributed by atoms with Crippen LogP contribution in [0.15, 0.2) is 40.6 Å². The zero-order valence-corrected chi connectivity index (χ0v) is 17.3. The van der Waals surface area contributed by atoms with Gasteiger partial charge in [0.1, 0.15) is 5.69 Å². The Morgan fingerprint density at radius 3 is 2.48 bits per heavy atom. The fraction of sp³-hybridized carbons (Fsp3) is 0.412. The van der Waals surface area contributed by atoms with Crippen LogP contribution < -0.4 is 10.0 Å². The second kappa shape index (κ2) is 8.79. The van der Waals surface area contributed by atoms with Gasteiger partial charge in [0.2, 0.25) is 10.0 Å². The summed E-state index contributed by atoms with van der Waals surface area (Å²) < 4.78 is 27.0. The molecule has 0 saturated carbocycles. The number of nitrogens with one attached hydrogen (secondary N) is 2. The average molecular weight is 413 g/mol. The lowest BCUT2D eigenvalue weighted by Crippen LogP contribution is -2.30. The van der Waals surface area contributed by atoms with E-state index in [1.54, 1.807) is 25.2 Å². The molecule has 1 heterocycles. The highest BCUT2D eigenvalue weighted by Gasteiger charge is 2.23. The van der Waals surface area contributed by atoms with Crippen LogP contribution >= 0.6 is 11.3 Å². The Kier molecular flexibility index (Phi) is 6.93. The summed E-state index contributed by atoms with van der Waals surface area (Å²) in [6.07, 6.45) is 0. The van der Waals surface area contributed by atoms with Crippen molar-refractivity contribution in [1.82, 2.24) is 9.62 Å². The van der Waals surface area contributed by atoms with Crippen LogP contribution in [0.2, 0.25) is 0 Å². The van der Waals surface area contributed by atoms with Crippen LogP contribution in [0.5, 0.6) is 0 Å². The third kappa shape index (κ3) is 5.48. The first-order valence-electron chi connectivity index (χ1n) is 8.36. The number of benzene rings is 1. The molecule has 0 unspecified atom stereocenters. The summed E-state index contributed by atoms with van der Waals surface area (Å²) in [4.78, 5) is 13.9.